The number of fused-ring (bicyclic) bond motifs is 1. The van der Waals surface area contributed by atoms with E-state index in [4.69, 9.17) is 0 Å². The largest absolute Gasteiger partial charge is 0.508 e. The second-order valence-corrected chi connectivity index (χ2v) is 14.8. The van der Waals surface area contributed by atoms with Gasteiger partial charge in [-0.1, -0.05) is 93.9 Å². The van der Waals surface area contributed by atoms with E-state index in [-0.39, 0.29) is 30.7 Å². The zero-order chi connectivity index (χ0) is 38.6. The van der Waals surface area contributed by atoms with Crippen molar-refractivity contribution < 1.29 is 35.4 Å². The van der Waals surface area contributed by atoms with Gasteiger partial charge in [-0.3, -0.25) is 4.79 Å². The molecule has 0 spiro atoms. The Bertz CT molecular complexity index is 1510. The number of aryl methyl sites for hydroxylation is 1. The van der Waals surface area contributed by atoms with Gasteiger partial charge in [0, 0.05) is 43.0 Å². The minimum absolute atomic E-state index is 0.0196. The zero-order valence-corrected chi connectivity index (χ0v) is 32.1. The van der Waals surface area contributed by atoms with Crippen LogP contribution in [0.15, 0.2) is 71.8 Å². The number of hydrogen-bond donors (Lipinski definition) is 8. The van der Waals surface area contributed by atoms with Gasteiger partial charge in [-0.25, -0.2) is 0 Å². The first-order valence-electron chi connectivity index (χ1n) is 19.6. The highest BCUT2D eigenvalue weighted by molar-refractivity contribution is 5.66. The highest BCUT2D eigenvalue weighted by Gasteiger charge is 2.35. The van der Waals surface area contributed by atoms with Gasteiger partial charge in [-0.05, 0) is 98.9 Å². The number of phenols is 1. The van der Waals surface area contributed by atoms with Crippen LogP contribution in [-0.2, 0) is 17.6 Å². The monoisotopic (exact) mass is 732 g/mol. The van der Waals surface area contributed by atoms with E-state index in [9.17, 15) is 35.4 Å². The molecule has 53 heavy (non-hydrogen) atoms. The third-order valence-electron chi connectivity index (χ3n) is 10.2. The third-order valence-corrected chi connectivity index (χ3v) is 10.2. The van der Waals surface area contributed by atoms with Gasteiger partial charge in [0.15, 0.2) is 0 Å². The summed E-state index contributed by atoms with van der Waals surface area (Å²) in [6.07, 6.45) is 10.6. The molecule has 2 aromatic carbocycles. The summed E-state index contributed by atoms with van der Waals surface area (Å²) < 4.78 is 0. The van der Waals surface area contributed by atoms with E-state index in [1.165, 1.54) is 0 Å². The summed E-state index contributed by atoms with van der Waals surface area (Å²) in [5.74, 6) is 6.06. The lowest BCUT2D eigenvalue weighted by atomic mass is 9.83. The van der Waals surface area contributed by atoms with Crippen LogP contribution in [0.3, 0.4) is 0 Å². The quantitative estimate of drug-likeness (QED) is 0.0573. The van der Waals surface area contributed by atoms with Crippen LogP contribution in [-0.4, -0.2) is 85.7 Å². The molecule has 9 nitrogen and oxygen atoms in total. The highest BCUT2D eigenvalue weighted by atomic mass is 16.4. The van der Waals surface area contributed by atoms with Gasteiger partial charge in [0.25, 0.3) is 0 Å². The van der Waals surface area contributed by atoms with E-state index < -0.39 is 36.4 Å². The van der Waals surface area contributed by atoms with Crippen molar-refractivity contribution in [3.63, 3.8) is 0 Å². The molecular formula is C44H64N2O7. The predicted molar refractivity (Wildman–Crippen MR) is 212 cm³/mol. The van der Waals surface area contributed by atoms with Crippen molar-refractivity contribution in [2.24, 2.45) is 0 Å². The van der Waals surface area contributed by atoms with Crippen LogP contribution in [0.25, 0.3) is 0 Å². The number of aliphatic hydroxyl groups excluding tert-OH is 3. The molecule has 0 saturated heterocycles. The molecule has 0 bridgehead atoms. The molecule has 0 saturated carbocycles. The second kappa shape index (κ2) is 23.3. The lowest BCUT2D eigenvalue weighted by Crippen LogP contribution is -2.54. The molecule has 1 aliphatic heterocycles. The number of hydrogen-bond acceptors (Lipinski definition) is 8. The fourth-order valence-electron chi connectivity index (χ4n) is 7.18. The molecular weight excluding hydrogens is 668 g/mol. The fraction of sp³-hybridized carbons (Fsp3) is 0.568. The molecule has 8 N–H and O–H groups in total. The number of nitrogens with one attached hydrogen (secondary N) is 2. The van der Waals surface area contributed by atoms with Crippen LogP contribution in [0.2, 0.25) is 0 Å². The molecule has 0 aromatic heterocycles. The summed E-state index contributed by atoms with van der Waals surface area (Å²) in [5.41, 5.74) is 3.44. The molecule has 0 unspecified atom stereocenters. The normalized spacial score (nSPS) is 21.0. The first-order chi connectivity index (χ1) is 25.4. The molecule has 6 atom stereocenters. The number of aliphatic hydroxyl groups is 4. The van der Waals surface area contributed by atoms with Crippen molar-refractivity contribution >= 4 is 5.97 Å². The first-order valence-corrected chi connectivity index (χ1v) is 19.6. The number of carbonyl (C=O) groups is 1. The number of carboxylic acids is 1. The molecule has 292 valence electrons. The Labute approximate surface area is 317 Å². The van der Waals surface area contributed by atoms with E-state index >= 15 is 0 Å². The van der Waals surface area contributed by atoms with Crippen LogP contribution >= 0.6 is 0 Å². The van der Waals surface area contributed by atoms with Gasteiger partial charge in [-0.15, -0.1) is 0 Å². The van der Waals surface area contributed by atoms with Gasteiger partial charge in [0.05, 0.1) is 24.4 Å². The number of carboxylic acid groups (broad SMARTS) is 1. The van der Waals surface area contributed by atoms with Crippen LogP contribution < -0.4 is 10.6 Å². The second-order valence-electron chi connectivity index (χ2n) is 14.8. The molecule has 0 aliphatic carbocycles. The number of aromatic hydroxyl groups is 1. The van der Waals surface area contributed by atoms with Crippen molar-refractivity contribution in [1.82, 2.24) is 10.6 Å². The van der Waals surface area contributed by atoms with Crippen LogP contribution in [0.4, 0.5) is 0 Å². The summed E-state index contributed by atoms with van der Waals surface area (Å²) in [6.45, 7) is 6.24. The number of benzene rings is 2. The standard InChI is InChI=1S/C44H64N2O7/c1-4-6-7-16-37(48)27-23-35-22-21-34-13-9-8-12-33(34)14-10-18-42(44(3,53)30-32-19-25-38(49)26-20-32)46-41(40(35)29-39(50)31-47)17-11-15-36(45-5-2)24-28-43(51)52/h8-9,12-13,19-20,23,25-27,36-37,39,41-42,45-50,53H,4-7,11,15-18,21-22,24,28-31H2,1-3H3,(H,51,52)/b27-23-,40-35+/t36-,37+,39+,41+,42-,44+/m1/s1. The van der Waals surface area contributed by atoms with E-state index in [0.717, 1.165) is 66.5 Å². The summed E-state index contributed by atoms with van der Waals surface area (Å²) >= 11 is 0. The summed E-state index contributed by atoms with van der Waals surface area (Å²) in [5, 5.41) is 70.8. The molecule has 9 heteroatoms. The topological polar surface area (TPSA) is 163 Å². The van der Waals surface area contributed by atoms with Gasteiger partial charge in [0.2, 0.25) is 0 Å². The first kappa shape index (κ1) is 43.9. The molecule has 0 amide bonds. The fourth-order valence-corrected chi connectivity index (χ4v) is 7.18. The smallest absolute Gasteiger partial charge is 0.303 e. The highest BCUT2D eigenvalue weighted by Crippen LogP contribution is 2.30. The van der Waals surface area contributed by atoms with Crippen LogP contribution in [0.5, 0.6) is 5.75 Å². The molecule has 1 aliphatic rings. The maximum absolute atomic E-state index is 12.2. The van der Waals surface area contributed by atoms with Gasteiger partial charge >= 0.3 is 5.97 Å². The van der Waals surface area contributed by atoms with Gasteiger partial charge in [-0.2, -0.15) is 0 Å². The molecule has 0 radical (unpaired) electrons. The summed E-state index contributed by atoms with van der Waals surface area (Å²) in [4.78, 5) is 11.4. The zero-order valence-electron chi connectivity index (χ0n) is 32.1. The SMILES string of the molecule is CCCCC[C@H](O)/C=C\C1=C(/C[C@H](O)CO)[C@H](CCC[C@H](CCC(=O)O)NCC)N[C@@H]([C@@](C)(O)Cc2ccc(O)cc2)CC#Cc2ccccc2CC1. The average Bonchev–Trinajstić information content (AvgIpc) is 3.12. The Morgan fingerprint density at radius 1 is 1.04 bits per heavy atom. The van der Waals surface area contributed by atoms with E-state index in [1.807, 2.05) is 37.3 Å². The number of aliphatic carboxylic acids is 1. The Morgan fingerprint density at radius 2 is 1.79 bits per heavy atom. The lowest BCUT2D eigenvalue weighted by Gasteiger charge is -2.38. The number of allylic oxidation sites excluding steroid dienone is 2. The number of unbranched alkanes of at least 4 members (excludes halogenated alkanes) is 2. The van der Waals surface area contributed by atoms with Crippen molar-refractivity contribution in [2.45, 2.75) is 147 Å². The molecule has 0 fully saturated rings. The Kier molecular flexibility index (Phi) is 19.3. The van der Waals surface area contributed by atoms with Crippen LogP contribution in [0.1, 0.15) is 115 Å². The molecule has 1 heterocycles. The molecule has 2 aromatic rings. The van der Waals surface area contributed by atoms with Crippen molar-refractivity contribution in [2.75, 3.05) is 13.2 Å². The maximum Gasteiger partial charge on any atom is 0.303 e. The van der Waals surface area contributed by atoms with E-state index in [2.05, 4.69) is 35.5 Å². The summed E-state index contributed by atoms with van der Waals surface area (Å²) in [6, 6.07) is 14.0. The maximum atomic E-state index is 12.2. The van der Waals surface area contributed by atoms with Crippen molar-refractivity contribution in [3.8, 4) is 17.6 Å². The van der Waals surface area contributed by atoms with Gasteiger partial charge < -0.3 is 41.3 Å². The predicted octanol–water partition coefficient (Wildman–Crippen LogP) is 5.95. The van der Waals surface area contributed by atoms with Gasteiger partial charge in [0.1, 0.15) is 5.75 Å². The average molecular weight is 733 g/mol. The summed E-state index contributed by atoms with van der Waals surface area (Å²) in [7, 11) is 0. The number of rotatable bonds is 21. The minimum atomic E-state index is -1.28. The van der Waals surface area contributed by atoms with Crippen molar-refractivity contribution in [3.05, 3.63) is 88.5 Å². The Morgan fingerprint density at radius 3 is 2.49 bits per heavy atom. The van der Waals surface area contributed by atoms with Crippen molar-refractivity contribution in [1.29, 1.82) is 0 Å². The third kappa shape index (κ3) is 15.8. The van der Waals surface area contributed by atoms with E-state index in [1.54, 1.807) is 31.2 Å². The Hall–Kier alpha value is -3.49. The number of phenolic OH excluding ortho intramolecular Hbond substituents is 1. The van der Waals surface area contributed by atoms with Crippen LogP contribution in [0, 0.1) is 11.8 Å². The lowest BCUT2D eigenvalue weighted by molar-refractivity contribution is -0.137. The van der Waals surface area contributed by atoms with E-state index in [0.29, 0.717) is 44.9 Å². The Balaban J connectivity index is 2.16. The minimum Gasteiger partial charge on any atom is -0.508 e. The molecule has 3 rings (SSSR count).